The van der Waals surface area contributed by atoms with E-state index in [0.29, 0.717) is 25.6 Å². The highest BCUT2D eigenvalue weighted by atomic mass is 19.4. The van der Waals surface area contributed by atoms with Crippen molar-refractivity contribution < 1.29 is 23.2 Å². The Kier molecular flexibility index (Phi) is 5.45. The fourth-order valence-corrected chi connectivity index (χ4v) is 2.90. The van der Waals surface area contributed by atoms with Gasteiger partial charge < -0.3 is 9.80 Å². The van der Waals surface area contributed by atoms with Crippen LogP contribution in [0.5, 0.6) is 0 Å². The van der Waals surface area contributed by atoms with E-state index in [1.54, 1.807) is 11.0 Å². The maximum absolute atomic E-state index is 13.0. The van der Waals surface area contributed by atoms with Crippen molar-refractivity contribution in [3.8, 4) is 0 Å². The van der Waals surface area contributed by atoms with E-state index < -0.39 is 17.6 Å². The molecule has 3 heterocycles. The molecule has 1 fully saturated rings. The van der Waals surface area contributed by atoms with Crippen LogP contribution in [0.4, 0.5) is 24.9 Å². The second kappa shape index (κ2) is 7.80. The first-order valence-electron chi connectivity index (χ1n) is 8.27. The second-order valence-electron chi connectivity index (χ2n) is 6.06. The SMILES string of the molecule is C=C[C@@H]1CN(c2ncc(C(=O)NO)cn2)CCN1c1cc(C(F)(F)F)ccn1. The summed E-state index contributed by atoms with van der Waals surface area (Å²) >= 11 is 0. The summed E-state index contributed by atoms with van der Waals surface area (Å²) in [6.07, 6.45) is 0.870. The summed E-state index contributed by atoms with van der Waals surface area (Å²) in [7, 11) is 0. The van der Waals surface area contributed by atoms with Gasteiger partial charge in [0.15, 0.2) is 0 Å². The van der Waals surface area contributed by atoms with Gasteiger partial charge in [0.1, 0.15) is 5.82 Å². The topological polar surface area (TPSA) is 94.5 Å². The van der Waals surface area contributed by atoms with Gasteiger partial charge in [0.25, 0.3) is 5.91 Å². The number of pyridine rings is 1. The molecule has 2 aromatic rings. The Labute approximate surface area is 158 Å². The molecule has 0 bridgehead atoms. The first-order chi connectivity index (χ1) is 13.3. The van der Waals surface area contributed by atoms with Gasteiger partial charge in [-0.15, -0.1) is 6.58 Å². The molecule has 1 atom stereocenters. The van der Waals surface area contributed by atoms with Gasteiger partial charge in [0, 0.05) is 38.2 Å². The average Bonchev–Trinajstić information content (AvgIpc) is 2.72. The fourth-order valence-electron chi connectivity index (χ4n) is 2.90. The van der Waals surface area contributed by atoms with E-state index in [0.717, 1.165) is 18.3 Å². The number of piperazine rings is 1. The smallest absolute Gasteiger partial charge is 0.347 e. The average molecular weight is 394 g/mol. The number of nitrogens with one attached hydrogen (secondary N) is 1. The molecular formula is C17H17F3N6O2. The van der Waals surface area contributed by atoms with E-state index >= 15 is 0 Å². The van der Waals surface area contributed by atoms with E-state index in [-0.39, 0.29) is 17.4 Å². The zero-order valence-corrected chi connectivity index (χ0v) is 14.6. The Bertz CT molecular complexity index is 859. The Hall–Kier alpha value is -3.21. The molecular weight excluding hydrogens is 377 g/mol. The Morgan fingerprint density at radius 3 is 2.61 bits per heavy atom. The molecule has 28 heavy (non-hydrogen) atoms. The molecule has 3 rings (SSSR count). The summed E-state index contributed by atoms with van der Waals surface area (Å²) in [5.41, 5.74) is 0.831. The Morgan fingerprint density at radius 1 is 1.29 bits per heavy atom. The lowest BCUT2D eigenvalue weighted by Crippen LogP contribution is -2.53. The Morgan fingerprint density at radius 2 is 2.00 bits per heavy atom. The number of hydroxylamine groups is 1. The number of amides is 1. The molecule has 1 saturated heterocycles. The molecule has 1 aliphatic rings. The van der Waals surface area contributed by atoms with Crippen LogP contribution in [0, 0.1) is 0 Å². The minimum Gasteiger partial charge on any atom is -0.347 e. The molecule has 8 nitrogen and oxygen atoms in total. The minimum absolute atomic E-state index is 0.0957. The maximum atomic E-state index is 13.0. The first kappa shape index (κ1) is 19.5. The zero-order chi connectivity index (χ0) is 20.3. The second-order valence-corrected chi connectivity index (χ2v) is 6.06. The van der Waals surface area contributed by atoms with E-state index in [1.807, 2.05) is 4.90 Å². The third kappa shape index (κ3) is 4.03. The highest BCUT2D eigenvalue weighted by Crippen LogP contribution is 2.31. The lowest BCUT2D eigenvalue weighted by atomic mass is 10.1. The third-order valence-corrected chi connectivity index (χ3v) is 4.34. The summed E-state index contributed by atoms with van der Waals surface area (Å²) in [5.74, 6) is -0.149. The van der Waals surface area contributed by atoms with Gasteiger partial charge in [-0.05, 0) is 12.1 Å². The van der Waals surface area contributed by atoms with Crippen molar-refractivity contribution in [1.29, 1.82) is 0 Å². The predicted molar refractivity (Wildman–Crippen MR) is 94.1 cm³/mol. The van der Waals surface area contributed by atoms with Crippen molar-refractivity contribution in [3.63, 3.8) is 0 Å². The number of hydrogen-bond donors (Lipinski definition) is 2. The molecule has 0 saturated carbocycles. The van der Waals surface area contributed by atoms with Crippen LogP contribution in [0.15, 0.2) is 43.4 Å². The van der Waals surface area contributed by atoms with Gasteiger partial charge in [-0.1, -0.05) is 6.08 Å². The molecule has 11 heteroatoms. The summed E-state index contributed by atoms with van der Waals surface area (Å²) < 4.78 is 38.9. The summed E-state index contributed by atoms with van der Waals surface area (Å²) in [5, 5.41) is 8.62. The van der Waals surface area contributed by atoms with E-state index in [4.69, 9.17) is 5.21 Å². The highest BCUT2D eigenvalue weighted by molar-refractivity contribution is 5.92. The van der Waals surface area contributed by atoms with Crippen LogP contribution in [0.25, 0.3) is 0 Å². The lowest BCUT2D eigenvalue weighted by molar-refractivity contribution is -0.137. The number of rotatable bonds is 4. The number of anilines is 2. The lowest BCUT2D eigenvalue weighted by Gasteiger charge is -2.40. The number of carbonyl (C=O) groups excluding carboxylic acids is 1. The normalized spacial score (nSPS) is 17.4. The van der Waals surface area contributed by atoms with Crippen LogP contribution in [0.3, 0.4) is 0 Å². The quantitative estimate of drug-likeness (QED) is 0.465. The van der Waals surface area contributed by atoms with Crippen LogP contribution < -0.4 is 15.3 Å². The van der Waals surface area contributed by atoms with Crippen molar-refractivity contribution in [3.05, 3.63) is 54.5 Å². The molecule has 0 aromatic carbocycles. The molecule has 1 amide bonds. The standard InChI is InChI=1S/C17H17F3N6O2/c1-2-13-10-25(16-22-8-11(9-23-16)15(27)24-28)5-6-26(13)14-7-12(3-4-21-14)17(18,19)20/h2-4,7-9,13,28H,1,5-6,10H2,(H,24,27)/t13-/m1/s1. The van der Waals surface area contributed by atoms with E-state index in [1.165, 1.54) is 17.9 Å². The predicted octanol–water partition coefficient (Wildman–Crippen LogP) is 1.89. The van der Waals surface area contributed by atoms with Crippen LogP contribution in [0.2, 0.25) is 0 Å². The molecule has 0 spiro atoms. The molecule has 0 unspecified atom stereocenters. The van der Waals surface area contributed by atoms with Gasteiger partial charge >= 0.3 is 6.18 Å². The third-order valence-electron chi connectivity index (χ3n) is 4.34. The van der Waals surface area contributed by atoms with Crippen molar-refractivity contribution in [1.82, 2.24) is 20.4 Å². The van der Waals surface area contributed by atoms with Gasteiger partial charge in [0.2, 0.25) is 5.95 Å². The maximum Gasteiger partial charge on any atom is 0.416 e. The molecule has 2 N–H and O–H groups in total. The summed E-state index contributed by atoms with van der Waals surface area (Å²) in [6.45, 7) is 4.97. The van der Waals surface area contributed by atoms with Crippen molar-refractivity contribution in [2.75, 3.05) is 29.4 Å². The van der Waals surface area contributed by atoms with Crippen LogP contribution >= 0.6 is 0 Å². The molecule has 2 aromatic heterocycles. The van der Waals surface area contributed by atoms with Crippen LogP contribution in [-0.2, 0) is 6.18 Å². The highest BCUT2D eigenvalue weighted by Gasteiger charge is 2.33. The number of carbonyl (C=O) groups is 1. The van der Waals surface area contributed by atoms with Gasteiger partial charge in [-0.3, -0.25) is 10.0 Å². The molecule has 148 valence electrons. The van der Waals surface area contributed by atoms with Gasteiger partial charge in [-0.2, -0.15) is 13.2 Å². The van der Waals surface area contributed by atoms with Crippen LogP contribution in [0.1, 0.15) is 15.9 Å². The largest absolute Gasteiger partial charge is 0.416 e. The summed E-state index contributed by atoms with van der Waals surface area (Å²) in [6, 6.07) is 1.64. The van der Waals surface area contributed by atoms with E-state index in [9.17, 15) is 18.0 Å². The van der Waals surface area contributed by atoms with Gasteiger partial charge in [0.05, 0.1) is 17.2 Å². The van der Waals surface area contributed by atoms with E-state index in [2.05, 4.69) is 21.5 Å². The fraction of sp³-hybridized carbons (Fsp3) is 0.294. The van der Waals surface area contributed by atoms with Crippen molar-refractivity contribution in [2.24, 2.45) is 0 Å². The molecule has 1 aliphatic heterocycles. The molecule has 0 aliphatic carbocycles. The minimum atomic E-state index is -4.44. The first-order valence-corrected chi connectivity index (χ1v) is 8.27. The number of hydrogen-bond acceptors (Lipinski definition) is 7. The monoisotopic (exact) mass is 394 g/mol. The zero-order valence-electron chi connectivity index (χ0n) is 14.6. The number of nitrogens with zero attached hydrogens (tertiary/aromatic N) is 5. The van der Waals surface area contributed by atoms with Gasteiger partial charge in [-0.25, -0.2) is 20.4 Å². The summed E-state index contributed by atoms with van der Waals surface area (Å²) in [4.78, 5) is 27.2. The number of alkyl halides is 3. The van der Waals surface area contributed by atoms with Crippen molar-refractivity contribution >= 4 is 17.7 Å². The number of aromatic nitrogens is 3. The Balaban J connectivity index is 1.77. The van der Waals surface area contributed by atoms with Crippen molar-refractivity contribution in [2.45, 2.75) is 12.2 Å². The van der Waals surface area contributed by atoms with Crippen LogP contribution in [-0.4, -0.2) is 51.7 Å². The number of halogens is 3. The molecule has 0 radical (unpaired) electrons.